The highest BCUT2D eigenvalue weighted by molar-refractivity contribution is 5.33. The van der Waals surface area contributed by atoms with Crippen LogP contribution in [0.25, 0.3) is 0 Å². The summed E-state index contributed by atoms with van der Waals surface area (Å²) in [4.78, 5) is 0. The lowest BCUT2D eigenvalue weighted by atomic mass is 9.75. The van der Waals surface area contributed by atoms with E-state index in [-0.39, 0.29) is 16.8 Å². The van der Waals surface area contributed by atoms with E-state index in [0.717, 1.165) is 6.54 Å². The average Bonchev–Trinajstić information content (AvgIpc) is 3.28. The van der Waals surface area contributed by atoms with Gasteiger partial charge in [-0.15, -0.1) is 0 Å². The molecular formula is C19H22FN. The van der Waals surface area contributed by atoms with Gasteiger partial charge in [0.15, 0.2) is 0 Å². The van der Waals surface area contributed by atoms with Gasteiger partial charge < -0.3 is 5.32 Å². The Bertz CT molecular complexity index is 597. The van der Waals surface area contributed by atoms with E-state index < -0.39 is 0 Å². The third-order valence-electron chi connectivity index (χ3n) is 4.99. The van der Waals surface area contributed by atoms with Crippen LogP contribution in [0, 0.1) is 5.82 Å². The fourth-order valence-electron chi connectivity index (χ4n) is 3.16. The topological polar surface area (TPSA) is 12.0 Å². The van der Waals surface area contributed by atoms with Crippen molar-refractivity contribution in [3.63, 3.8) is 0 Å². The van der Waals surface area contributed by atoms with Crippen LogP contribution >= 0.6 is 0 Å². The summed E-state index contributed by atoms with van der Waals surface area (Å²) in [5, 5.41) is 3.75. The monoisotopic (exact) mass is 283 g/mol. The maximum Gasteiger partial charge on any atom is 0.123 e. The van der Waals surface area contributed by atoms with Crippen molar-refractivity contribution in [2.24, 2.45) is 0 Å². The first-order valence-corrected chi connectivity index (χ1v) is 7.59. The summed E-state index contributed by atoms with van der Waals surface area (Å²) < 4.78 is 13.1. The van der Waals surface area contributed by atoms with Crippen molar-refractivity contribution < 1.29 is 4.39 Å². The molecule has 1 fully saturated rings. The summed E-state index contributed by atoms with van der Waals surface area (Å²) in [6, 6.07) is 17.4. The van der Waals surface area contributed by atoms with Gasteiger partial charge in [-0.3, -0.25) is 0 Å². The molecule has 0 spiro atoms. The Morgan fingerprint density at radius 2 is 1.62 bits per heavy atom. The Morgan fingerprint density at radius 1 is 1.00 bits per heavy atom. The van der Waals surface area contributed by atoms with E-state index in [1.165, 1.54) is 24.0 Å². The van der Waals surface area contributed by atoms with Gasteiger partial charge in [0.25, 0.3) is 0 Å². The summed E-state index contributed by atoms with van der Waals surface area (Å²) in [6.07, 6.45) is 2.34. The first-order valence-electron chi connectivity index (χ1n) is 7.59. The quantitative estimate of drug-likeness (QED) is 0.856. The van der Waals surface area contributed by atoms with Crippen LogP contribution in [0.2, 0.25) is 0 Å². The number of hydrogen-bond acceptors (Lipinski definition) is 1. The molecule has 1 aliphatic rings. The number of benzene rings is 2. The van der Waals surface area contributed by atoms with Crippen LogP contribution in [-0.2, 0) is 12.0 Å². The van der Waals surface area contributed by atoms with Crippen LogP contribution < -0.4 is 5.32 Å². The van der Waals surface area contributed by atoms with Crippen molar-refractivity contribution in [3.05, 3.63) is 71.5 Å². The second-order valence-electron chi connectivity index (χ2n) is 6.55. The van der Waals surface area contributed by atoms with Crippen LogP contribution in [0.4, 0.5) is 4.39 Å². The van der Waals surface area contributed by atoms with Crippen molar-refractivity contribution >= 4 is 0 Å². The molecule has 0 atom stereocenters. The second-order valence-corrected chi connectivity index (χ2v) is 6.55. The largest absolute Gasteiger partial charge is 0.306 e. The lowest BCUT2D eigenvalue weighted by Crippen LogP contribution is -2.47. The Labute approximate surface area is 126 Å². The normalized spacial score (nSPS) is 16.7. The van der Waals surface area contributed by atoms with E-state index in [4.69, 9.17) is 0 Å². The summed E-state index contributed by atoms with van der Waals surface area (Å²) in [5.41, 5.74) is 2.62. The van der Waals surface area contributed by atoms with Gasteiger partial charge in [-0.2, -0.15) is 0 Å². The van der Waals surface area contributed by atoms with Crippen molar-refractivity contribution in [2.75, 3.05) is 0 Å². The molecule has 0 bridgehead atoms. The smallest absolute Gasteiger partial charge is 0.123 e. The zero-order valence-electron chi connectivity index (χ0n) is 12.7. The van der Waals surface area contributed by atoms with Gasteiger partial charge in [-0.1, -0.05) is 56.3 Å². The molecule has 2 heteroatoms. The Hall–Kier alpha value is -1.67. The average molecular weight is 283 g/mol. The molecule has 2 aromatic rings. The number of nitrogens with one attached hydrogen (secondary N) is 1. The number of rotatable bonds is 5. The Kier molecular flexibility index (Phi) is 3.58. The van der Waals surface area contributed by atoms with E-state index in [1.54, 1.807) is 12.1 Å². The highest BCUT2D eigenvalue weighted by Crippen LogP contribution is 2.51. The van der Waals surface area contributed by atoms with Crippen LogP contribution in [-0.4, -0.2) is 5.54 Å². The van der Waals surface area contributed by atoms with Gasteiger partial charge in [-0.25, -0.2) is 4.39 Å². The van der Waals surface area contributed by atoms with Crippen molar-refractivity contribution in [3.8, 4) is 0 Å². The molecule has 0 saturated heterocycles. The fraction of sp³-hybridized carbons (Fsp3) is 0.368. The molecule has 1 saturated carbocycles. The maximum atomic E-state index is 13.1. The standard InChI is InChI=1S/C19H22FN/c1-18(2,16-8-10-17(20)11-9-16)19(12-13-19)21-14-15-6-4-3-5-7-15/h3-11,21H,12-14H2,1-2H3. The predicted octanol–water partition coefficient (Wildman–Crippen LogP) is 4.43. The first-order chi connectivity index (χ1) is 10.0. The molecular weight excluding hydrogens is 261 g/mol. The molecule has 0 heterocycles. The van der Waals surface area contributed by atoms with Gasteiger partial charge in [0.2, 0.25) is 0 Å². The van der Waals surface area contributed by atoms with E-state index in [2.05, 4.69) is 43.4 Å². The minimum Gasteiger partial charge on any atom is -0.306 e. The first kappa shape index (κ1) is 14.3. The molecule has 21 heavy (non-hydrogen) atoms. The molecule has 1 nitrogen and oxygen atoms in total. The van der Waals surface area contributed by atoms with Crippen molar-refractivity contribution in [1.82, 2.24) is 5.32 Å². The van der Waals surface area contributed by atoms with E-state index in [1.807, 2.05) is 18.2 Å². The van der Waals surface area contributed by atoms with Gasteiger partial charge in [0.1, 0.15) is 5.82 Å². The predicted molar refractivity (Wildman–Crippen MR) is 84.7 cm³/mol. The van der Waals surface area contributed by atoms with Crippen LogP contribution in [0.3, 0.4) is 0 Å². The van der Waals surface area contributed by atoms with Gasteiger partial charge >= 0.3 is 0 Å². The molecule has 1 aliphatic carbocycles. The minimum atomic E-state index is -0.170. The van der Waals surface area contributed by atoms with Crippen LogP contribution in [0.5, 0.6) is 0 Å². The Morgan fingerprint density at radius 3 is 2.19 bits per heavy atom. The lowest BCUT2D eigenvalue weighted by Gasteiger charge is -2.36. The van der Waals surface area contributed by atoms with E-state index in [9.17, 15) is 4.39 Å². The third-order valence-corrected chi connectivity index (χ3v) is 4.99. The molecule has 0 aliphatic heterocycles. The summed E-state index contributed by atoms with van der Waals surface area (Å²) in [7, 11) is 0. The molecule has 0 unspecified atom stereocenters. The van der Waals surface area contributed by atoms with Gasteiger partial charge in [0, 0.05) is 17.5 Å². The third kappa shape index (κ3) is 2.73. The van der Waals surface area contributed by atoms with E-state index >= 15 is 0 Å². The minimum absolute atomic E-state index is 0.00448. The zero-order valence-corrected chi connectivity index (χ0v) is 12.7. The maximum absolute atomic E-state index is 13.1. The fourth-order valence-corrected chi connectivity index (χ4v) is 3.16. The highest BCUT2D eigenvalue weighted by Gasteiger charge is 2.54. The second kappa shape index (κ2) is 5.27. The van der Waals surface area contributed by atoms with Gasteiger partial charge in [0.05, 0.1) is 0 Å². The zero-order chi connectivity index (χ0) is 14.9. The molecule has 1 N–H and O–H groups in total. The number of halogens is 1. The molecule has 0 radical (unpaired) electrons. The summed E-state index contributed by atoms with van der Waals surface area (Å²) in [6.45, 7) is 5.39. The van der Waals surface area contributed by atoms with Gasteiger partial charge in [-0.05, 0) is 36.1 Å². The number of hydrogen-bond donors (Lipinski definition) is 1. The molecule has 2 aromatic carbocycles. The molecule has 110 valence electrons. The van der Waals surface area contributed by atoms with Crippen LogP contribution in [0.15, 0.2) is 54.6 Å². The molecule has 3 rings (SSSR count). The van der Waals surface area contributed by atoms with Crippen molar-refractivity contribution in [2.45, 2.75) is 44.2 Å². The Balaban J connectivity index is 1.76. The lowest BCUT2D eigenvalue weighted by molar-refractivity contribution is 0.316. The summed E-state index contributed by atoms with van der Waals surface area (Å²) >= 11 is 0. The van der Waals surface area contributed by atoms with Crippen LogP contribution in [0.1, 0.15) is 37.8 Å². The molecule has 0 aromatic heterocycles. The SMILES string of the molecule is CC(C)(c1ccc(F)cc1)C1(NCc2ccccc2)CC1. The van der Waals surface area contributed by atoms with E-state index in [0.29, 0.717) is 0 Å². The highest BCUT2D eigenvalue weighted by atomic mass is 19.1. The molecule has 0 amide bonds. The van der Waals surface area contributed by atoms with Crippen molar-refractivity contribution in [1.29, 1.82) is 0 Å². The summed E-state index contributed by atoms with van der Waals surface area (Å²) in [5.74, 6) is -0.170.